The van der Waals surface area contributed by atoms with Gasteiger partial charge in [-0.2, -0.15) is 0 Å². The molecular formula is C38H47N5O4. The van der Waals surface area contributed by atoms with Crippen molar-refractivity contribution in [3.63, 3.8) is 0 Å². The van der Waals surface area contributed by atoms with E-state index in [2.05, 4.69) is 63.3 Å². The minimum absolute atomic E-state index is 0.00542. The molecule has 2 amide bonds. The van der Waals surface area contributed by atoms with Gasteiger partial charge in [-0.1, -0.05) is 30.2 Å². The average Bonchev–Trinajstić information content (AvgIpc) is 3.06. The van der Waals surface area contributed by atoms with Crippen LogP contribution in [0.1, 0.15) is 64.5 Å². The number of amides is 2. The molecule has 9 nitrogen and oxygen atoms in total. The fourth-order valence-electron chi connectivity index (χ4n) is 6.84. The number of nitrogens with one attached hydrogen (secondary N) is 2. The van der Waals surface area contributed by atoms with Crippen molar-refractivity contribution in [1.29, 1.82) is 0 Å². The van der Waals surface area contributed by atoms with Crippen LogP contribution < -0.4 is 15.8 Å². The van der Waals surface area contributed by atoms with E-state index in [1.165, 1.54) is 5.56 Å². The van der Waals surface area contributed by atoms with Crippen LogP contribution in [0, 0.1) is 33.1 Å². The number of morpholine rings is 1. The molecule has 0 spiro atoms. The minimum Gasteiger partial charge on any atom is -0.379 e. The van der Waals surface area contributed by atoms with Crippen molar-refractivity contribution >= 4 is 17.5 Å². The van der Waals surface area contributed by atoms with Gasteiger partial charge >= 0.3 is 0 Å². The van der Waals surface area contributed by atoms with E-state index in [9.17, 15) is 14.4 Å². The monoisotopic (exact) mass is 637 g/mol. The van der Waals surface area contributed by atoms with E-state index >= 15 is 0 Å². The Bertz CT molecular complexity index is 1680. The van der Waals surface area contributed by atoms with Gasteiger partial charge in [0.05, 0.1) is 19.6 Å². The summed E-state index contributed by atoms with van der Waals surface area (Å²) in [6.07, 6.45) is 7.16. The molecule has 0 unspecified atom stereocenters. The number of carbonyl (C=O) groups is 2. The number of nitrogens with zero attached hydrogens (tertiary/aromatic N) is 3. The lowest BCUT2D eigenvalue weighted by molar-refractivity contribution is -0.131. The van der Waals surface area contributed by atoms with Gasteiger partial charge in [-0.3, -0.25) is 19.3 Å². The Hall–Kier alpha value is -4.39. The van der Waals surface area contributed by atoms with Crippen LogP contribution in [0.25, 0.3) is 11.1 Å². The number of terminal acetylenes is 1. The zero-order valence-electron chi connectivity index (χ0n) is 28.2. The van der Waals surface area contributed by atoms with Crippen molar-refractivity contribution in [3.05, 3.63) is 86.3 Å². The number of pyridine rings is 1. The molecule has 2 aliphatic heterocycles. The number of hydrogen-bond donors (Lipinski definition) is 2. The molecule has 1 aromatic heterocycles. The summed E-state index contributed by atoms with van der Waals surface area (Å²) in [7, 11) is 0. The van der Waals surface area contributed by atoms with Crippen LogP contribution in [-0.2, 0) is 22.6 Å². The van der Waals surface area contributed by atoms with Crippen LogP contribution in [0.3, 0.4) is 0 Å². The van der Waals surface area contributed by atoms with Gasteiger partial charge in [0, 0.05) is 74.4 Å². The standard InChI is InChI=1S/C38H47N5O4/c1-6-8-36(44)42-15-13-32(14-16-42)43(7-2)35-23-31(30-11-9-29(10-12-30)25-41-17-19-47-20-18-41)22-33(28(35)5)37(45)39-24-34-26(3)21-27(4)40-38(34)46/h1,9-12,21-23,32H,7-8,13-20,24-25H2,2-5H3,(H,39,45)(H,40,46). The number of benzene rings is 2. The molecule has 5 rings (SSSR count). The Kier molecular flexibility index (Phi) is 11.2. The van der Waals surface area contributed by atoms with E-state index in [4.69, 9.17) is 11.2 Å². The molecule has 0 atom stereocenters. The summed E-state index contributed by atoms with van der Waals surface area (Å²) in [5, 5.41) is 3.03. The first-order valence-electron chi connectivity index (χ1n) is 16.7. The molecule has 3 heterocycles. The van der Waals surface area contributed by atoms with Gasteiger partial charge in [-0.15, -0.1) is 6.42 Å². The number of aromatic amines is 1. The Labute approximate surface area is 278 Å². The highest BCUT2D eigenvalue weighted by Crippen LogP contribution is 2.34. The predicted molar refractivity (Wildman–Crippen MR) is 186 cm³/mol. The van der Waals surface area contributed by atoms with Crippen molar-refractivity contribution in [2.45, 2.75) is 66.1 Å². The predicted octanol–water partition coefficient (Wildman–Crippen LogP) is 4.57. The molecule has 3 aromatic rings. The molecule has 0 radical (unpaired) electrons. The van der Waals surface area contributed by atoms with E-state index in [0.29, 0.717) is 24.2 Å². The van der Waals surface area contributed by atoms with Gasteiger partial charge in [-0.25, -0.2) is 0 Å². The smallest absolute Gasteiger partial charge is 0.253 e. The van der Waals surface area contributed by atoms with Gasteiger partial charge in [0.25, 0.3) is 11.5 Å². The molecule has 2 N–H and O–H groups in total. The fraction of sp³-hybridized carbons (Fsp3) is 0.447. The third-order valence-electron chi connectivity index (χ3n) is 9.50. The second kappa shape index (κ2) is 15.5. The van der Waals surface area contributed by atoms with Gasteiger partial charge in [0.2, 0.25) is 5.91 Å². The largest absolute Gasteiger partial charge is 0.379 e. The summed E-state index contributed by atoms with van der Waals surface area (Å²) in [5.74, 6) is 2.25. The van der Waals surface area contributed by atoms with E-state index in [0.717, 1.165) is 85.9 Å². The third kappa shape index (κ3) is 8.13. The molecule has 2 saturated heterocycles. The van der Waals surface area contributed by atoms with E-state index < -0.39 is 0 Å². The quantitative estimate of drug-likeness (QED) is 0.316. The number of anilines is 1. The number of aromatic nitrogens is 1. The molecule has 2 fully saturated rings. The first-order valence-corrected chi connectivity index (χ1v) is 16.7. The van der Waals surface area contributed by atoms with Crippen LogP contribution in [-0.4, -0.2) is 78.6 Å². The van der Waals surface area contributed by atoms with Crippen LogP contribution in [0.5, 0.6) is 0 Å². The summed E-state index contributed by atoms with van der Waals surface area (Å²) >= 11 is 0. The van der Waals surface area contributed by atoms with Crippen molar-refractivity contribution in [2.75, 3.05) is 50.8 Å². The Morgan fingerprint density at radius 2 is 1.72 bits per heavy atom. The third-order valence-corrected chi connectivity index (χ3v) is 9.50. The Balaban J connectivity index is 1.45. The summed E-state index contributed by atoms with van der Waals surface area (Å²) in [6, 6.07) is 14.9. The topological polar surface area (TPSA) is 98.0 Å². The number of aryl methyl sites for hydroxylation is 2. The van der Waals surface area contributed by atoms with Crippen LogP contribution in [0.4, 0.5) is 5.69 Å². The highest BCUT2D eigenvalue weighted by molar-refractivity contribution is 5.99. The second-order valence-corrected chi connectivity index (χ2v) is 12.7. The van der Waals surface area contributed by atoms with Crippen molar-refractivity contribution in [2.24, 2.45) is 0 Å². The van der Waals surface area contributed by atoms with E-state index in [1.807, 2.05) is 37.8 Å². The van der Waals surface area contributed by atoms with Crippen LogP contribution >= 0.6 is 0 Å². The molecule has 0 bridgehead atoms. The summed E-state index contributed by atoms with van der Waals surface area (Å²) in [5.41, 5.74) is 7.70. The number of rotatable bonds is 10. The lowest BCUT2D eigenvalue weighted by atomic mass is 9.94. The molecule has 0 aliphatic carbocycles. The molecule has 2 aromatic carbocycles. The molecule has 47 heavy (non-hydrogen) atoms. The van der Waals surface area contributed by atoms with Gasteiger partial charge in [0.15, 0.2) is 0 Å². The van der Waals surface area contributed by atoms with Crippen molar-refractivity contribution in [1.82, 2.24) is 20.1 Å². The second-order valence-electron chi connectivity index (χ2n) is 12.7. The lowest BCUT2D eigenvalue weighted by Gasteiger charge is -2.40. The normalized spacial score (nSPS) is 15.7. The summed E-state index contributed by atoms with van der Waals surface area (Å²) < 4.78 is 5.50. The Morgan fingerprint density at radius 1 is 1.02 bits per heavy atom. The molecule has 2 aliphatic rings. The SMILES string of the molecule is C#CCC(=O)N1CCC(N(CC)c2cc(-c3ccc(CN4CCOCC4)cc3)cc(C(=O)NCc3c(C)cc(C)[nH]c3=O)c2C)CC1. The maximum absolute atomic E-state index is 13.9. The van der Waals surface area contributed by atoms with Gasteiger partial charge in [0.1, 0.15) is 0 Å². The summed E-state index contributed by atoms with van der Waals surface area (Å²) in [4.78, 5) is 48.5. The first kappa shape index (κ1) is 34.0. The highest BCUT2D eigenvalue weighted by atomic mass is 16.5. The van der Waals surface area contributed by atoms with Crippen molar-refractivity contribution < 1.29 is 14.3 Å². The highest BCUT2D eigenvalue weighted by Gasteiger charge is 2.28. The molecular weight excluding hydrogens is 590 g/mol. The Morgan fingerprint density at radius 3 is 2.36 bits per heavy atom. The maximum atomic E-state index is 13.9. The zero-order chi connectivity index (χ0) is 33.5. The maximum Gasteiger partial charge on any atom is 0.253 e. The zero-order valence-corrected chi connectivity index (χ0v) is 28.2. The number of H-pyrrole nitrogens is 1. The van der Waals surface area contributed by atoms with Crippen LogP contribution in [0.2, 0.25) is 0 Å². The minimum atomic E-state index is -0.223. The number of hydrogen-bond acceptors (Lipinski definition) is 6. The number of ether oxygens (including phenoxy) is 1. The molecule has 248 valence electrons. The average molecular weight is 638 g/mol. The number of carbonyl (C=O) groups excluding carboxylic acids is 2. The number of piperidine rings is 1. The molecule has 9 heteroatoms. The summed E-state index contributed by atoms with van der Waals surface area (Å²) in [6.45, 7) is 14.3. The van der Waals surface area contributed by atoms with E-state index in [-0.39, 0.29) is 36.4 Å². The first-order chi connectivity index (χ1) is 22.7. The lowest BCUT2D eigenvalue weighted by Crippen LogP contribution is -2.47. The van der Waals surface area contributed by atoms with Gasteiger partial charge in [-0.05, 0) is 86.6 Å². The molecule has 0 saturated carbocycles. The fourth-order valence-corrected chi connectivity index (χ4v) is 6.84. The van der Waals surface area contributed by atoms with Crippen LogP contribution in [0.15, 0.2) is 47.3 Å². The van der Waals surface area contributed by atoms with Gasteiger partial charge < -0.3 is 24.8 Å². The number of likely N-dealkylation sites (tertiary alicyclic amines) is 1. The van der Waals surface area contributed by atoms with E-state index in [1.54, 1.807) is 0 Å². The van der Waals surface area contributed by atoms with Crippen molar-refractivity contribution in [3.8, 4) is 23.5 Å².